The topological polar surface area (TPSA) is 93.2 Å². The Balaban J connectivity index is 4.54. The molecule has 0 bridgehead atoms. The van der Waals surface area contributed by atoms with E-state index in [9.17, 15) is 4.79 Å². The van der Waals surface area contributed by atoms with Crippen LogP contribution >= 0.6 is 0 Å². The minimum Gasteiger partial charge on any atom is -0.296 e. The maximum atomic E-state index is 11.9. The van der Waals surface area contributed by atoms with Gasteiger partial charge in [0, 0.05) is 0 Å². The minimum absolute atomic E-state index is 0.0139. The highest BCUT2D eigenvalue weighted by Crippen LogP contribution is 2.09. The van der Waals surface area contributed by atoms with Crippen LogP contribution in [-0.4, -0.2) is 17.9 Å². The van der Waals surface area contributed by atoms with E-state index in [2.05, 4.69) is 10.9 Å². The van der Waals surface area contributed by atoms with Crippen molar-refractivity contribution >= 4 is 5.78 Å². The predicted octanol–water partition coefficient (Wildman–Crippen LogP) is -0.469. The number of carbonyl (C=O) groups is 1. The van der Waals surface area contributed by atoms with Crippen molar-refractivity contribution in [2.45, 2.75) is 39.8 Å². The molecule has 6 N–H and O–H groups in total. The molecular weight excluding hydrogens is 180 g/mol. The zero-order chi connectivity index (χ0) is 11.3. The first kappa shape index (κ1) is 13.5. The highest BCUT2D eigenvalue weighted by molar-refractivity contribution is 5.89. The van der Waals surface area contributed by atoms with Crippen molar-refractivity contribution in [2.75, 3.05) is 0 Å². The summed E-state index contributed by atoms with van der Waals surface area (Å²) in [5.74, 6) is 11.0. The SMILES string of the molecule is CC(C)C(NN)C(=O)C(NN)C(C)C. The highest BCUT2D eigenvalue weighted by atomic mass is 16.1. The first-order chi connectivity index (χ1) is 6.45. The molecule has 0 saturated heterocycles. The fourth-order valence-electron chi connectivity index (χ4n) is 1.40. The molecule has 0 aliphatic heterocycles. The molecule has 0 rings (SSSR count). The van der Waals surface area contributed by atoms with Crippen LogP contribution in [0.3, 0.4) is 0 Å². The van der Waals surface area contributed by atoms with Crippen molar-refractivity contribution in [1.82, 2.24) is 10.9 Å². The number of rotatable bonds is 6. The fourth-order valence-corrected chi connectivity index (χ4v) is 1.40. The zero-order valence-electron chi connectivity index (χ0n) is 9.37. The van der Waals surface area contributed by atoms with E-state index in [0.717, 1.165) is 0 Å². The van der Waals surface area contributed by atoms with E-state index in [-0.39, 0.29) is 29.7 Å². The second-order valence-corrected chi connectivity index (χ2v) is 4.18. The molecule has 0 radical (unpaired) electrons. The smallest absolute Gasteiger partial charge is 0.169 e. The first-order valence-electron chi connectivity index (χ1n) is 4.91. The van der Waals surface area contributed by atoms with Crippen LogP contribution in [0.4, 0.5) is 0 Å². The molecule has 0 amide bonds. The van der Waals surface area contributed by atoms with Crippen LogP contribution in [0.15, 0.2) is 0 Å². The Labute approximate surface area is 85.5 Å². The summed E-state index contributed by atoms with van der Waals surface area (Å²) >= 11 is 0. The Kier molecular flexibility index (Phi) is 5.87. The first-order valence-corrected chi connectivity index (χ1v) is 4.91. The number of hydrogen-bond acceptors (Lipinski definition) is 5. The third kappa shape index (κ3) is 3.34. The van der Waals surface area contributed by atoms with E-state index >= 15 is 0 Å². The normalized spacial score (nSPS) is 16.0. The summed E-state index contributed by atoms with van der Waals surface area (Å²) in [6, 6.07) is -0.697. The second-order valence-electron chi connectivity index (χ2n) is 4.18. The van der Waals surface area contributed by atoms with E-state index in [4.69, 9.17) is 11.7 Å². The molecule has 0 fully saturated rings. The predicted molar refractivity (Wildman–Crippen MR) is 56.9 cm³/mol. The number of hydrogen-bond donors (Lipinski definition) is 4. The van der Waals surface area contributed by atoms with E-state index in [1.165, 1.54) is 0 Å². The monoisotopic (exact) mass is 202 g/mol. The van der Waals surface area contributed by atoms with Gasteiger partial charge in [-0.15, -0.1) is 0 Å². The van der Waals surface area contributed by atoms with Crippen LogP contribution in [-0.2, 0) is 4.79 Å². The molecule has 5 nitrogen and oxygen atoms in total. The molecule has 0 spiro atoms. The van der Waals surface area contributed by atoms with Crippen LogP contribution in [0.25, 0.3) is 0 Å². The molecule has 0 saturated carbocycles. The van der Waals surface area contributed by atoms with E-state index in [1.807, 2.05) is 27.7 Å². The third-order valence-corrected chi connectivity index (χ3v) is 2.31. The minimum atomic E-state index is -0.349. The summed E-state index contributed by atoms with van der Waals surface area (Å²) < 4.78 is 0. The zero-order valence-corrected chi connectivity index (χ0v) is 9.37. The molecule has 0 aromatic heterocycles. The largest absolute Gasteiger partial charge is 0.296 e. The molecule has 0 heterocycles. The molecule has 0 aromatic carbocycles. The molecule has 0 aliphatic carbocycles. The van der Waals surface area contributed by atoms with E-state index < -0.39 is 0 Å². The Morgan fingerprint density at radius 2 is 1.21 bits per heavy atom. The Morgan fingerprint density at radius 3 is 1.36 bits per heavy atom. The summed E-state index contributed by atoms with van der Waals surface area (Å²) in [6.07, 6.45) is 0. The van der Waals surface area contributed by atoms with Crippen molar-refractivity contribution in [3.8, 4) is 0 Å². The molecule has 5 heteroatoms. The van der Waals surface area contributed by atoms with Gasteiger partial charge in [0.2, 0.25) is 0 Å². The molecule has 14 heavy (non-hydrogen) atoms. The average molecular weight is 202 g/mol. The lowest BCUT2D eigenvalue weighted by Gasteiger charge is -2.26. The van der Waals surface area contributed by atoms with Crippen molar-refractivity contribution < 1.29 is 4.79 Å². The maximum Gasteiger partial charge on any atom is 0.169 e. The van der Waals surface area contributed by atoms with Crippen LogP contribution in [0.2, 0.25) is 0 Å². The molecule has 2 unspecified atom stereocenters. The van der Waals surface area contributed by atoms with E-state index in [1.54, 1.807) is 0 Å². The Bertz CT molecular complexity index is 164. The maximum absolute atomic E-state index is 11.9. The Hall–Kier alpha value is -0.490. The van der Waals surface area contributed by atoms with E-state index in [0.29, 0.717) is 0 Å². The van der Waals surface area contributed by atoms with Gasteiger partial charge < -0.3 is 0 Å². The number of nitrogens with two attached hydrogens (primary N) is 2. The van der Waals surface area contributed by atoms with Crippen LogP contribution in [0.1, 0.15) is 27.7 Å². The quantitative estimate of drug-likeness (QED) is 0.345. The number of carbonyl (C=O) groups excluding carboxylic acids is 1. The number of Topliss-reactive ketones (excluding diaryl/α,β-unsaturated/α-hetero) is 1. The highest BCUT2D eigenvalue weighted by Gasteiger charge is 2.29. The Morgan fingerprint density at radius 1 is 0.929 bits per heavy atom. The van der Waals surface area contributed by atoms with Gasteiger partial charge in [-0.25, -0.2) is 10.9 Å². The van der Waals surface area contributed by atoms with Crippen LogP contribution < -0.4 is 22.5 Å². The van der Waals surface area contributed by atoms with Crippen molar-refractivity contribution in [3.63, 3.8) is 0 Å². The van der Waals surface area contributed by atoms with Crippen molar-refractivity contribution in [3.05, 3.63) is 0 Å². The molecule has 2 atom stereocenters. The molecule has 84 valence electrons. The van der Waals surface area contributed by atoms with Gasteiger partial charge in [-0.2, -0.15) is 0 Å². The number of nitrogens with one attached hydrogen (secondary N) is 2. The van der Waals surface area contributed by atoms with Gasteiger partial charge in [0.15, 0.2) is 5.78 Å². The summed E-state index contributed by atoms with van der Waals surface area (Å²) in [7, 11) is 0. The van der Waals surface area contributed by atoms with Gasteiger partial charge >= 0.3 is 0 Å². The van der Waals surface area contributed by atoms with Crippen LogP contribution in [0, 0.1) is 11.8 Å². The standard InChI is InChI=1S/C9H22N4O/c1-5(2)7(12-10)9(14)8(13-11)6(3)4/h5-8,12-13H,10-11H2,1-4H3. The fraction of sp³-hybridized carbons (Fsp3) is 0.889. The number of ketones is 1. The van der Waals surface area contributed by atoms with Gasteiger partial charge in [0.1, 0.15) is 0 Å². The average Bonchev–Trinajstić information content (AvgIpc) is 2.04. The number of hydrazine groups is 2. The summed E-state index contributed by atoms with van der Waals surface area (Å²) in [5, 5.41) is 0. The van der Waals surface area contributed by atoms with Gasteiger partial charge in [-0.1, -0.05) is 27.7 Å². The molecule has 0 aromatic rings. The van der Waals surface area contributed by atoms with Gasteiger partial charge in [-0.05, 0) is 11.8 Å². The summed E-state index contributed by atoms with van der Waals surface area (Å²) in [5.41, 5.74) is 5.05. The molecular formula is C9H22N4O. The van der Waals surface area contributed by atoms with Gasteiger partial charge in [-0.3, -0.25) is 16.5 Å². The molecule has 0 aliphatic rings. The lowest BCUT2D eigenvalue weighted by molar-refractivity contribution is -0.125. The van der Waals surface area contributed by atoms with Crippen LogP contribution in [0.5, 0.6) is 0 Å². The van der Waals surface area contributed by atoms with Gasteiger partial charge in [0.25, 0.3) is 0 Å². The summed E-state index contributed by atoms with van der Waals surface area (Å²) in [6.45, 7) is 7.76. The summed E-state index contributed by atoms with van der Waals surface area (Å²) in [4.78, 5) is 11.9. The lowest BCUT2D eigenvalue weighted by atomic mass is 9.90. The van der Waals surface area contributed by atoms with Crippen molar-refractivity contribution in [1.29, 1.82) is 0 Å². The van der Waals surface area contributed by atoms with Gasteiger partial charge in [0.05, 0.1) is 12.1 Å². The lowest BCUT2D eigenvalue weighted by Crippen LogP contribution is -2.56. The van der Waals surface area contributed by atoms with Crippen molar-refractivity contribution in [2.24, 2.45) is 23.5 Å². The third-order valence-electron chi connectivity index (χ3n) is 2.31. The second kappa shape index (κ2) is 6.08.